The van der Waals surface area contributed by atoms with Crippen LogP contribution in [0.1, 0.15) is 32.0 Å². The van der Waals surface area contributed by atoms with Crippen LogP contribution in [0.15, 0.2) is 24.3 Å². The first-order valence-electron chi connectivity index (χ1n) is 5.05. The van der Waals surface area contributed by atoms with E-state index in [1.165, 1.54) is 0 Å². The predicted molar refractivity (Wildman–Crippen MR) is 61.7 cm³/mol. The van der Waals surface area contributed by atoms with Crippen LogP contribution in [0.5, 0.6) is 0 Å². The molecule has 0 radical (unpaired) electrons. The molecule has 0 spiro atoms. The molecule has 2 nitrogen and oxygen atoms in total. The highest BCUT2D eigenvalue weighted by Crippen LogP contribution is 2.30. The van der Waals surface area contributed by atoms with Gasteiger partial charge in [-0.05, 0) is 6.07 Å². The van der Waals surface area contributed by atoms with E-state index in [-0.39, 0.29) is 5.41 Å². The Balaban J connectivity index is 2.83. The van der Waals surface area contributed by atoms with E-state index in [1.807, 2.05) is 24.3 Å². The second kappa shape index (κ2) is 3.13. The minimum atomic E-state index is -0.0237. The predicted octanol–water partition coefficient (Wildman–Crippen LogP) is 3.34. The summed E-state index contributed by atoms with van der Waals surface area (Å²) in [6, 6.07) is 10.2. The van der Waals surface area contributed by atoms with E-state index in [4.69, 9.17) is 0 Å². The zero-order chi connectivity index (χ0) is 11.1. The van der Waals surface area contributed by atoms with Gasteiger partial charge in [-0.15, -0.1) is 0 Å². The molecule has 1 aromatic carbocycles. The van der Waals surface area contributed by atoms with Gasteiger partial charge in [0.25, 0.3) is 0 Å². The second-order valence-corrected chi connectivity index (χ2v) is 4.78. The van der Waals surface area contributed by atoms with Crippen LogP contribution in [0.2, 0.25) is 0 Å². The molecule has 0 aliphatic carbocycles. The highest BCUT2D eigenvalue weighted by molar-refractivity contribution is 5.87. The number of aromatic amines is 1. The zero-order valence-corrected chi connectivity index (χ0v) is 9.26. The van der Waals surface area contributed by atoms with Crippen molar-refractivity contribution in [2.75, 3.05) is 0 Å². The van der Waals surface area contributed by atoms with Crippen molar-refractivity contribution in [3.8, 4) is 6.07 Å². The number of nitrogens with one attached hydrogen (secondary N) is 1. The van der Waals surface area contributed by atoms with Crippen LogP contribution >= 0.6 is 0 Å². The lowest BCUT2D eigenvalue weighted by atomic mass is 9.89. The third kappa shape index (κ3) is 1.50. The number of nitrogens with zero attached hydrogens (tertiary/aromatic N) is 1. The number of rotatable bonds is 0. The number of benzene rings is 1. The monoisotopic (exact) mass is 198 g/mol. The molecule has 2 heteroatoms. The van der Waals surface area contributed by atoms with E-state index in [2.05, 4.69) is 31.8 Å². The second-order valence-electron chi connectivity index (χ2n) is 4.78. The summed E-state index contributed by atoms with van der Waals surface area (Å²) in [5, 5.41) is 10.2. The van der Waals surface area contributed by atoms with Crippen LogP contribution in [-0.4, -0.2) is 4.98 Å². The Hall–Kier alpha value is -1.75. The first kappa shape index (κ1) is 9.79. The van der Waals surface area contributed by atoms with Crippen molar-refractivity contribution in [2.45, 2.75) is 26.2 Å². The maximum absolute atomic E-state index is 9.20. The molecule has 0 aliphatic heterocycles. The number of aromatic nitrogens is 1. The summed E-state index contributed by atoms with van der Waals surface area (Å²) < 4.78 is 0. The van der Waals surface area contributed by atoms with Gasteiger partial charge >= 0.3 is 0 Å². The average Bonchev–Trinajstić information content (AvgIpc) is 2.55. The summed E-state index contributed by atoms with van der Waals surface area (Å²) >= 11 is 0. The van der Waals surface area contributed by atoms with Gasteiger partial charge in [0.05, 0.1) is 5.56 Å². The first-order valence-corrected chi connectivity index (χ1v) is 5.05. The normalized spacial score (nSPS) is 11.6. The minimum Gasteiger partial charge on any atom is -0.357 e. The summed E-state index contributed by atoms with van der Waals surface area (Å²) in [6.07, 6.45) is 0. The van der Waals surface area contributed by atoms with Crippen molar-refractivity contribution >= 4 is 10.9 Å². The fourth-order valence-electron chi connectivity index (χ4n) is 1.82. The minimum absolute atomic E-state index is 0.0237. The van der Waals surface area contributed by atoms with Crippen molar-refractivity contribution in [3.05, 3.63) is 35.5 Å². The molecule has 2 aromatic rings. The van der Waals surface area contributed by atoms with E-state index in [9.17, 15) is 5.26 Å². The van der Waals surface area contributed by atoms with Gasteiger partial charge in [0.2, 0.25) is 0 Å². The van der Waals surface area contributed by atoms with Gasteiger partial charge in [0, 0.05) is 22.0 Å². The Morgan fingerprint density at radius 3 is 2.47 bits per heavy atom. The lowest BCUT2D eigenvalue weighted by Gasteiger charge is -2.16. The van der Waals surface area contributed by atoms with Crippen molar-refractivity contribution in [3.63, 3.8) is 0 Å². The molecule has 15 heavy (non-hydrogen) atoms. The number of para-hydroxylation sites is 1. The number of hydrogen-bond acceptors (Lipinski definition) is 1. The molecule has 0 fully saturated rings. The molecule has 0 atom stereocenters. The molecule has 0 aliphatic rings. The molecule has 0 unspecified atom stereocenters. The van der Waals surface area contributed by atoms with E-state index in [1.54, 1.807) is 0 Å². The molecule has 0 bridgehead atoms. The molecule has 1 aromatic heterocycles. The standard InChI is InChI=1S/C13H14N2/c1-13(2,3)12-10(8-14)9-6-4-5-7-11(9)15-12/h4-7,15H,1-3H3. The molecule has 2 rings (SSSR count). The largest absolute Gasteiger partial charge is 0.357 e. The Labute approximate surface area is 89.5 Å². The van der Waals surface area contributed by atoms with Crippen molar-refractivity contribution in [2.24, 2.45) is 0 Å². The summed E-state index contributed by atoms with van der Waals surface area (Å²) in [5.74, 6) is 0. The molecule has 0 amide bonds. The Bertz CT molecular complexity index is 536. The molecule has 0 saturated heterocycles. The van der Waals surface area contributed by atoms with Gasteiger partial charge in [0.1, 0.15) is 6.07 Å². The molecule has 1 heterocycles. The molecule has 0 saturated carbocycles. The van der Waals surface area contributed by atoms with Gasteiger partial charge in [-0.1, -0.05) is 39.0 Å². The maximum Gasteiger partial charge on any atom is 0.102 e. The van der Waals surface area contributed by atoms with Crippen LogP contribution < -0.4 is 0 Å². The van der Waals surface area contributed by atoms with Crippen LogP contribution in [0.4, 0.5) is 0 Å². The SMILES string of the molecule is CC(C)(C)c1[nH]c2ccccc2c1C#N. The van der Waals surface area contributed by atoms with Crippen LogP contribution in [0, 0.1) is 11.3 Å². The van der Waals surface area contributed by atoms with Gasteiger partial charge in [-0.2, -0.15) is 5.26 Å². The van der Waals surface area contributed by atoms with Crippen molar-refractivity contribution in [1.82, 2.24) is 4.98 Å². The first-order chi connectivity index (χ1) is 7.04. The third-order valence-corrected chi connectivity index (χ3v) is 2.57. The van der Waals surface area contributed by atoms with Crippen molar-refractivity contribution in [1.29, 1.82) is 5.26 Å². The summed E-state index contributed by atoms with van der Waals surface area (Å²) in [5.41, 5.74) is 2.81. The van der Waals surface area contributed by atoms with Crippen LogP contribution in [0.3, 0.4) is 0 Å². The lowest BCUT2D eigenvalue weighted by molar-refractivity contribution is 0.572. The van der Waals surface area contributed by atoms with E-state index in [0.717, 1.165) is 22.2 Å². The maximum atomic E-state index is 9.20. The highest BCUT2D eigenvalue weighted by Gasteiger charge is 2.21. The zero-order valence-electron chi connectivity index (χ0n) is 9.26. The smallest absolute Gasteiger partial charge is 0.102 e. The molecule has 76 valence electrons. The van der Waals surface area contributed by atoms with Gasteiger partial charge in [-0.3, -0.25) is 0 Å². The average molecular weight is 198 g/mol. The highest BCUT2D eigenvalue weighted by atomic mass is 14.7. The third-order valence-electron chi connectivity index (χ3n) is 2.57. The van der Waals surface area contributed by atoms with Crippen molar-refractivity contribution < 1.29 is 0 Å². The summed E-state index contributed by atoms with van der Waals surface area (Å²) in [4.78, 5) is 3.33. The van der Waals surface area contributed by atoms with Gasteiger partial charge < -0.3 is 4.98 Å². The van der Waals surface area contributed by atoms with Crippen LogP contribution in [-0.2, 0) is 5.41 Å². The fourth-order valence-corrected chi connectivity index (χ4v) is 1.82. The lowest BCUT2D eigenvalue weighted by Crippen LogP contribution is -2.13. The Morgan fingerprint density at radius 1 is 1.20 bits per heavy atom. The molecular formula is C13H14N2. The number of H-pyrrole nitrogens is 1. The quantitative estimate of drug-likeness (QED) is 0.692. The number of fused-ring (bicyclic) bond motifs is 1. The fraction of sp³-hybridized carbons (Fsp3) is 0.308. The Kier molecular flexibility index (Phi) is 2.04. The topological polar surface area (TPSA) is 39.6 Å². The van der Waals surface area contributed by atoms with Crippen LogP contribution in [0.25, 0.3) is 10.9 Å². The Morgan fingerprint density at radius 2 is 1.87 bits per heavy atom. The van der Waals surface area contributed by atoms with E-state index < -0.39 is 0 Å². The van der Waals surface area contributed by atoms with E-state index >= 15 is 0 Å². The number of nitriles is 1. The summed E-state index contributed by atoms with van der Waals surface area (Å²) in [7, 11) is 0. The van der Waals surface area contributed by atoms with E-state index in [0.29, 0.717) is 0 Å². The van der Waals surface area contributed by atoms with Gasteiger partial charge in [0.15, 0.2) is 0 Å². The molecule has 1 N–H and O–H groups in total. The summed E-state index contributed by atoms with van der Waals surface area (Å²) in [6.45, 7) is 6.33. The van der Waals surface area contributed by atoms with Gasteiger partial charge in [-0.25, -0.2) is 0 Å². The molecular weight excluding hydrogens is 184 g/mol. The number of hydrogen-bond donors (Lipinski definition) is 1.